The second-order valence-electron chi connectivity index (χ2n) is 4.50. The smallest absolute Gasteiger partial charge is 0.293 e. The minimum absolute atomic E-state index is 0.0550. The van der Waals surface area contributed by atoms with Crippen LogP contribution in [0.5, 0.6) is 0 Å². The fourth-order valence-corrected chi connectivity index (χ4v) is 1.78. The molecule has 0 atom stereocenters. The molecule has 0 bridgehead atoms. The van der Waals surface area contributed by atoms with E-state index in [0.29, 0.717) is 11.5 Å². The Morgan fingerprint density at radius 3 is 2.52 bits per heavy atom. The van der Waals surface area contributed by atoms with Gasteiger partial charge in [0.15, 0.2) is 0 Å². The molecule has 2 amide bonds. The van der Waals surface area contributed by atoms with E-state index in [1.165, 1.54) is 36.0 Å². The van der Waals surface area contributed by atoms with E-state index in [0.717, 1.165) is 4.90 Å². The molecular formula is C13H14FN5O2. The number of rotatable bonds is 4. The zero-order valence-corrected chi connectivity index (χ0v) is 11.6. The van der Waals surface area contributed by atoms with Gasteiger partial charge in [-0.2, -0.15) is 0 Å². The number of nitrogens with zero attached hydrogens (tertiary/aromatic N) is 4. The summed E-state index contributed by atoms with van der Waals surface area (Å²) in [7, 11) is 1.43. The molecule has 2 N–H and O–H groups in total. The van der Waals surface area contributed by atoms with Gasteiger partial charge in [-0.3, -0.25) is 9.59 Å². The minimum Gasteiger partial charge on any atom is -0.368 e. The number of primary amides is 1. The first-order valence-corrected chi connectivity index (χ1v) is 6.12. The fraction of sp³-hybridized carbons (Fsp3) is 0.231. The molecule has 0 aliphatic rings. The summed E-state index contributed by atoms with van der Waals surface area (Å²) in [4.78, 5) is 28.1. The Labute approximate surface area is 120 Å². The number of likely N-dealkylation sites (N-methyl/N-ethyl adjacent to an activating group) is 1. The maximum absolute atomic E-state index is 12.9. The van der Waals surface area contributed by atoms with Crippen molar-refractivity contribution in [1.29, 1.82) is 0 Å². The third-order valence-corrected chi connectivity index (χ3v) is 2.77. The number of hydrogen-bond donors (Lipinski definition) is 1. The van der Waals surface area contributed by atoms with Crippen LogP contribution in [0.2, 0.25) is 0 Å². The number of amides is 2. The molecule has 0 aliphatic heterocycles. The van der Waals surface area contributed by atoms with Crippen LogP contribution >= 0.6 is 0 Å². The number of benzene rings is 1. The largest absolute Gasteiger partial charge is 0.368 e. The van der Waals surface area contributed by atoms with Gasteiger partial charge in [-0.25, -0.2) is 14.1 Å². The molecule has 21 heavy (non-hydrogen) atoms. The van der Waals surface area contributed by atoms with Crippen molar-refractivity contribution in [3.05, 3.63) is 41.7 Å². The highest BCUT2D eigenvalue weighted by molar-refractivity contribution is 5.93. The van der Waals surface area contributed by atoms with Crippen LogP contribution in [0.15, 0.2) is 24.3 Å². The third kappa shape index (κ3) is 3.22. The molecule has 1 aromatic carbocycles. The maximum atomic E-state index is 12.9. The van der Waals surface area contributed by atoms with Crippen molar-refractivity contribution >= 4 is 11.8 Å². The van der Waals surface area contributed by atoms with E-state index in [1.807, 2.05) is 0 Å². The quantitative estimate of drug-likeness (QED) is 0.875. The first-order valence-electron chi connectivity index (χ1n) is 6.12. The number of carbonyl (C=O) groups excluding carboxylic acids is 2. The third-order valence-electron chi connectivity index (χ3n) is 2.77. The summed E-state index contributed by atoms with van der Waals surface area (Å²) in [6, 6.07) is 5.63. The lowest BCUT2D eigenvalue weighted by atomic mass is 10.3. The van der Waals surface area contributed by atoms with E-state index in [2.05, 4.69) is 10.1 Å². The Morgan fingerprint density at radius 1 is 1.33 bits per heavy atom. The fourth-order valence-electron chi connectivity index (χ4n) is 1.78. The minimum atomic E-state index is -0.625. The molecule has 0 saturated heterocycles. The van der Waals surface area contributed by atoms with Crippen LogP contribution in [0.3, 0.4) is 0 Å². The highest BCUT2D eigenvalue weighted by Gasteiger charge is 2.20. The number of hydrogen-bond acceptors (Lipinski definition) is 4. The van der Waals surface area contributed by atoms with Crippen molar-refractivity contribution in [2.75, 3.05) is 13.6 Å². The summed E-state index contributed by atoms with van der Waals surface area (Å²) in [5.74, 6) is -1.09. The summed E-state index contributed by atoms with van der Waals surface area (Å²) in [6.45, 7) is 1.45. The second-order valence-corrected chi connectivity index (χ2v) is 4.50. The lowest BCUT2D eigenvalue weighted by Crippen LogP contribution is -2.35. The molecule has 0 saturated carbocycles. The first kappa shape index (κ1) is 14.6. The lowest BCUT2D eigenvalue weighted by Gasteiger charge is -2.12. The van der Waals surface area contributed by atoms with E-state index >= 15 is 0 Å². The summed E-state index contributed by atoms with van der Waals surface area (Å²) >= 11 is 0. The van der Waals surface area contributed by atoms with Crippen molar-refractivity contribution in [2.45, 2.75) is 6.92 Å². The molecule has 110 valence electrons. The number of carbonyl (C=O) groups is 2. The molecule has 0 radical (unpaired) electrons. The van der Waals surface area contributed by atoms with Gasteiger partial charge in [-0.1, -0.05) is 0 Å². The standard InChI is InChI=1S/C13H14FN5O2/c1-8-16-12(13(21)18(2)7-11(15)20)17-19(8)10-5-3-9(14)4-6-10/h3-6H,7H2,1-2H3,(H2,15,20). The number of aromatic nitrogens is 3. The maximum Gasteiger partial charge on any atom is 0.293 e. The molecule has 1 heterocycles. The normalized spacial score (nSPS) is 10.4. The van der Waals surface area contributed by atoms with Crippen LogP contribution in [-0.4, -0.2) is 45.1 Å². The molecule has 0 unspecified atom stereocenters. The van der Waals surface area contributed by atoms with Crippen LogP contribution in [0.1, 0.15) is 16.4 Å². The van der Waals surface area contributed by atoms with Crippen molar-refractivity contribution < 1.29 is 14.0 Å². The highest BCUT2D eigenvalue weighted by Crippen LogP contribution is 2.11. The van der Waals surface area contributed by atoms with Gasteiger partial charge >= 0.3 is 0 Å². The van der Waals surface area contributed by atoms with Gasteiger partial charge in [0.1, 0.15) is 11.6 Å². The van der Waals surface area contributed by atoms with Crippen molar-refractivity contribution in [2.24, 2.45) is 5.73 Å². The van der Waals surface area contributed by atoms with Crippen LogP contribution in [0, 0.1) is 12.7 Å². The van der Waals surface area contributed by atoms with Gasteiger partial charge in [0.2, 0.25) is 11.7 Å². The molecule has 2 aromatic rings. The zero-order chi connectivity index (χ0) is 15.6. The van der Waals surface area contributed by atoms with E-state index in [9.17, 15) is 14.0 Å². The second kappa shape index (κ2) is 5.70. The highest BCUT2D eigenvalue weighted by atomic mass is 19.1. The Balaban J connectivity index is 2.28. The zero-order valence-electron chi connectivity index (χ0n) is 11.6. The van der Waals surface area contributed by atoms with E-state index in [-0.39, 0.29) is 18.2 Å². The average molecular weight is 291 g/mol. The first-order chi connectivity index (χ1) is 9.88. The van der Waals surface area contributed by atoms with Crippen molar-refractivity contribution in [3.8, 4) is 5.69 Å². The van der Waals surface area contributed by atoms with Gasteiger partial charge in [0.05, 0.1) is 12.2 Å². The molecule has 7 nitrogen and oxygen atoms in total. The average Bonchev–Trinajstić information content (AvgIpc) is 2.80. The Kier molecular flexibility index (Phi) is 3.97. The molecular weight excluding hydrogens is 277 g/mol. The van der Waals surface area contributed by atoms with Gasteiger partial charge in [-0.15, -0.1) is 5.10 Å². The van der Waals surface area contributed by atoms with Crippen molar-refractivity contribution in [3.63, 3.8) is 0 Å². The summed E-state index contributed by atoms with van der Waals surface area (Å²) in [5, 5.41) is 4.08. The van der Waals surface area contributed by atoms with Crippen LogP contribution in [0.25, 0.3) is 5.69 Å². The van der Waals surface area contributed by atoms with Crippen LogP contribution in [0.4, 0.5) is 4.39 Å². The Hall–Kier alpha value is -2.77. The summed E-state index contributed by atoms with van der Waals surface area (Å²) < 4.78 is 14.3. The van der Waals surface area contributed by atoms with Gasteiger partial charge in [-0.05, 0) is 31.2 Å². The van der Waals surface area contributed by atoms with Gasteiger partial charge in [0, 0.05) is 7.05 Å². The Bertz CT molecular complexity index is 680. The predicted molar refractivity (Wildman–Crippen MR) is 72.2 cm³/mol. The van der Waals surface area contributed by atoms with Crippen molar-refractivity contribution in [1.82, 2.24) is 19.7 Å². The molecule has 2 rings (SSSR count). The number of nitrogens with two attached hydrogens (primary N) is 1. The molecule has 8 heteroatoms. The monoisotopic (exact) mass is 291 g/mol. The van der Waals surface area contributed by atoms with Crippen LogP contribution < -0.4 is 5.73 Å². The van der Waals surface area contributed by atoms with E-state index in [1.54, 1.807) is 6.92 Å². The van der Waals surface area contributed by atoms with Crippen LogP contribution in [-0.2, 0) is 4.79 Å². The Morgan fingerprint density at radius 2 is 1.95 bits per heavy atom. The number of halogens is 1. The molecule has 0 fully saturated rings. The SMILES string of the molecule is Cc1nc(C(=O)N(C)CC(N)=O)nn1-c1ccc(F)cc1. The summed E-state index contributed by atoms with van der Waals surface area (Å²) in [5.41, 5.74) is 5.62. The van der Waals surface area contributed by atoms with E-state index in [4.69, 9.17) is 5.73 Å². The molecule has 1 aromatic heterocycles. The summed E-state index contributed by atoms with van der Waals surface area (Å²) in [6.07, 6.45) is 0. The lowest BCUT2D eigenvalue weighted by molar-refractivity contribution is -0.118. The number of aryl methyl sites for hydroxylation is 1. The predicted octanol–water partition coefficient (Wildman–Crippen LogP) is 0.272. The molecule has 0 spiro atoms. The van der Waals surface area contributed by atoms with Gasteiger partial charge < -0.3 is 10.6 Å². The van der Waals surface area contributed by atoms with E-state index < -0.39 is 11.8 Å². The topological polar surface area (TPSA) is 94.1 Å². The molecule has 0 aliphatic carbocycles. The van der Waals surface area contributed by atoms with Gasteiger partial charge in [0.25, 0.3) is 5.91 Å².